The summed E-state index contributed by atoms with van der Waals surface area (Å²) in [7, 11) is -3.46. The average molecular weight is 166 g/mol. The number of hydrogen-bond donors (Lipinski definition) is 0. The Morgan fingerprint density at radius 2 is 2.10 bits per heavy atom. The third-order valence-corrected chi connectivity index (χ3v) is 2.15. The van der Waals surface area contributed by atoms with Gasteiger partial charge in [-0.25, -0.2) is 0 Å². The predicted octanol–water partition coefficient (Wildman–Crippen LogP) is -0.0599. The van der Waals surface area contributed by atoms with Gasteiger partial charge in [0.15, 0.2) is 0 Å². The molecule has 0 aliphatic carbocycles. The van der Waals surface area contributed by atoms with E-state index in [4.69, 9.17) is 0 Å². The summed E-state index contributed by atoms with van der Waals surface area (Å²) in [6.45, 7) is 2.83. The van der Waals surface area contributed by atoms with Gasteiger partial charge in [-0.3, -0.25) is 4.18 Å². The lowest BCUT2D eigenvalue weighted by Crippen LogP contribution is -2.17. The fourth-order valence-corrected chi connectivity index (χ4v) is 0.966. The van der Waals surface area contributed by atoms with Crippen LogP contribution < -0.4 is 0 Å². The summed E-state index contributed by atoms with van der Waals surface area (Å²) in [5.41, 5.74) is 0. The predicted molar refractivity (Wildman–Crippen MR) is 36.1 cm³/mol. The molecule has 0 aromatic carbocycles. The molecule has 10 heavy (non-hydrogen) atoms. The number of carbonyl (C=O) groups is 1. The first kappa shape index (κ1) is 9.58. The molecule has 4 nitrogen and oxygen atoms in total. The highest BCUT2D eigenvalue weighted by Gasteiger charge is 2.11. The molecule has 0 aromatic heterocycles. The number of aldehydes is 1. The van der Waals surface area contributed by atoms with E-state index in [1.54, 1.807) is 0 Å². The maximum absolute atomic E-state index is 10.6. The highest BCUT2D eigenvalue weighted by molar-refractivity contribution is 7.86. The Morgan fingerprint density at radius 3 is 2.40 bits per heavy atom. The lowest BCUT2D eigenvalue weighted by molar-refractivity contribution is -0.112. The topological polar surface area (TPSA) is 60.4 Å². The summed E-state index contributed by atoms with van der Waals surface area (Å²) in [6.07, 6.45) is -0.433. The Hall–Kier alpha value is -0.420. The van der Waals surface area contributed by atoms with E-state index in [1.165, 1.54) is 13.8 Å². The van der Waals surface area contributed by atoms with Gasteiger partial charge in [-0.15, -0.1) is 0 Å². The van der Waals surface area contributed by atoms with Crippen molar-refractivity contribution in [3.8, 4) is 0 Å². The van der Waals surface area contributed by atoms with Crippen molar-refractivity contribution < 1.29 is 17.4 Å². The summed E-state index contributed by atoms with van der Waals surface area (Å²) in [6, 6.07) is 0. The maximum Gasteiger partial charge on any atom is 0.267 e. The van der Waals surface area contributed by atoms with Crippen LogP contribution in [0.5, 0.6) is 0 Å². The summed E-state index contributed by atoms with van der Waals surface area (Å²) in [4.78, 5) is 9.91. The molecular weight excluding hydrogens is 156 g/mol. The first-order valence-electron chi connectivity index (χ1n) is 2.88. The molecule has 5 heteroatoms. The minimum absolute atomic E-state index is 0.106. The van der Waals surface area contributed by atoms with Crippen LogP contribution in [0.15, 0.2) is 0 Å². The number of hydrogen-bond acceptors (Lipinski definition) is 4. The Labute approximate surface area is 60.3 Å². The number of rotatable bonds is 4. The maximum atomic E-state index is 10.6. The van der Waals surface area contributed by atoms with E-state index in [2.05, 4.69) is 4.18 Å². The van der Waals surface area contributed by atoms with Crippen LogP contribution in [0.4, 0.5) is 0 Å². The van der Waals surface area contributed by atoms with Crippen LogP contribution in [-0.2, 0) is 19.1 Å². The second kappa shape index (κ2) is 3.68. The molecular formula is C5H10O4S. The first-order valence-corrected chi connectivity index (χ1v) is 4.46. The normalized spacial score (nSPS) is 14.6. The largest absolute Gasteiger partial charge is 0.300 e. The van der Waals surface area contributed by atoms with Crippen LogP contribution in [0.2, 0.25) is 0 Å². The van der Waals surface area contributed by atoms with Crippen molar-refractivity contribution in [1.29, 1.82) is 0 Å². The van der Waals surface area contributed by atoms with Gasteiger partial charge < -0.3 is 4.79 Å². The Bertz CT molecular complexity index is 194. The van der Waals surface area contributed by atoms with Crippen molar-refractivity contribution >= 4 is 16.4 Å². The fourth-order valence-electron chi connectivity index (χ4n) is 0.322. The molecule has 1 atom stereocenters. The van der Waals surface area contributed by atoms with Crippen LogP contribution in [-0.4, -0.2) is 26.6 Å². The standard InChI is InChI=1S/C5H10O4S/c1-3-10(7,8)9-5(2)4-6/h4-5H,3H2,1-2H3. The number of carbonyl (C=O) groups excluding carboxylic acids is 1. The lowest BCUT2D eigenvalue weighted by atomic mass is 10.5. The van der Waals surface area contributed by atoms with E-state index in [1.807, 2.05) is 0 Å². The zero-order valence-electron chi connectivity index (χ0n) is 5.90. The fraction of sp³-hybridized carbons (Fsp3) is 0.800. The molecule has 0 bridgehead atoms. The molecule has 0 aliphatic heterocycles. The van der Waals surface area contributed by atoms with Gasteiger partial charge >= 0.3 is 0 Å². The molecule has 0 saturated heterocycles. The third-order valence-electron chi connectivity index (χ3n) is 0.844. The molecule has 0 spiro atoms. The summed E-state index contributed by atoms with van der Waals surface area (Å²) in [5, 5.41) is 0. The van der Waals surface area contributed by atoms with Crippen molar-refractivity contribution in [2.24, 2.45) is 0 Å². The van der Waals surface area contributed by atoms with E-state index >= 15 is 0 Å². The summed E-state index contributed by atoms with van der Waals surface area (Å²) < 4.78 is 25.5. The zero-order valence-corrected chi connectivity index (χ0v) is 6.72. The SMILES string of the molecule is CCS(=O)(=O)OC(C)C=O. The van der Waals surface area contributed by atoms with Crippen LogP contribution in [0.3, 0.4) is 0 Å². The second-order valence-electron chi connectivity index (χ2n) is 1.78. The van der Waals surface area contributed by atoms with Crippen LogP contribution in [0.1, 0.15) is 13.8 Å². The highest BCUT2D eigenvalue weighted by atomic mass is 32.2. The molecule has 0 radical (unpaired) electrons. The van der Waals surface area contributed by atoms with E-state index in [9.17, 15) is 13.2 Å². The van der Waals surface area contributed by atoms with E-state index < -0.39 is 16.2 Å². The molecule has 0 saturated carbocycles. The lowest BCUT2D eigenvalue weighted by Gasteiger charge is -2.03. The van der Waals surface area contributed by atoms with E-state index in [0.717, 1.165) is 0 Å². The Kier molecular flexibility index (Phi) is 3.52. The van der Waals surface area contributed by atoms with Crippen LogP contribution >= 0.6 is 0 Å². The van der Waals surface area contributed by atoms with Crippen LogP contribution in [0.25, 0.3) is 0 Å². The third kappa shape index (κ3) is 3.58. The second-order valence-corrected chi connectivity index (χ2v) is 3.67. The van der Waals surface area contributed by atoms with Crippen molar-refractivity contribution in [1.82, 2.24) is 0 Å². The van der Waals surface area contributed by atoms with Gasteiger partial charge in [0.2, 0.25) is 0 Å². The molecule has 0 rings (SSSR count). The molecule has 0 aromatic rings. The minimum Gasteiger partial charge on any atom is -0.300 e. The molecule has 0 heterocycles. The summed E-state index contributed by atoms with van der Waals surface area (Å²) >= 11 is 0. The molecule has 60 valence electrons. The first-order chi connectivity index (χ1) is 4.52. The molecule has 0 N–H and O–H groups in total. The van der Waals surface area contributed by atoms with Gasteiger partial charge in [-0.2, -0.15) is 8.42 Å². The highest BCUT2D eigenvalue weighted by Crippen LogP contribution is 1.96. The minimum atomic E-state index is -3.46. The molecule has 0 fully saturated rings. The van der Waals surface area contributed by atoms with Crippen LogP contribution in [0, 0.1) is 0 Å². The Morgan fingerprint density at radius 1 is 1.60 bits per heavy atom. The van der Waals surface area contributed by atoms with Gasteiger partial charge in [-0.1, -0.05) is 0 Å². The van der Waals surface area contributed by atoms with Gasteiger partial charge in [0.25, 0.3) is 10.1 Å². The van der Waals surface area contributed by atoms with E-state index in [-0.39, 0.29) is 5.75 Å². The van der Waals surface area contributed by atoms with Gasteiger partial charge in [0, 0.05) is 0 Å². The average Bonchev–Trinajstić information content (AvgIpc) is 1.87. The molecule has 0 amide bonds. The van der Waals surface area contributed by atoms with Crippen molar-refractivity contribution in [3.05, 3.63) is 0 Å². The monoisotopic (exact) mass is 166 g/mol. The van der Waals surface area contributed by atoms with Crippen molar-refractivity contribution in [2.45, 2.75) is 20.0 Å². The zero-order chi connectivity index (χ0) is 8.20. The smallest absolute Gasteiger partial charge is 0.267 e. The molecule has 1 unspecified atom stereocenters. The van der Waals surface area contributed by atoms with E-state index in [0.29, 0.717) is 6.29 Å². The summed E-state index contributed by atoms with van der Waals surface area (Å²) in [5.74, 6) is -0.106. The van der Waals surface area contributed by atoms with Gasteiger partial charge in [0.1, 0.15) is 12.4 Å². The quantitative estimate of drug-likeness (QED) is 0.433. The van der Waals surface area contributed by atoms with Gasteiger partial charge in [0.05, 0.1) is 5.75 Å². The molecule has 0 aliphatic rings. The van der Waals surface area contributed by atoms with Gasteiger partial charge in [-0.05, 0) is 13.8 Å². The Balaban J connectivity index is 4.02. The van der Waals surface area contributed by atoms with Crippen molar-refractivity contribution in [3.63, 3.8) is 0 Å². The van der Waals surface area contributed by atoms with Crippen molar-refractivity contribution in [2.75, 3.05) is 5.75 Å².